The number of nitrogens with one attached hydrogen (secondary N) is 1. The van der Waals surface area contributed by atoms with E-state index in [1.54, 1.807) is 36.7 Å². The number of carbonyl (C=O) groups is 2. The molecule has 1 aliphatic rings. The van der Waals surface area contributed by atoms with Gasteiger partial charge in [-0.3, -0.25) is 14.7 Å². The van der Waals surface area contributed by atoms with Crippen molar-refractivity contribution < 1.29 is 19.4 Å². The first kappa shape index (κ1) is 20.0. The van der Waals surface area contributed by atoms with Crippen LogP contribution in [0, 0.1) is 0 Å². The average Bonchev–Trinajstić information content (AvgIpc) is 2.69. The minimum Gasteiger partial charge on any atom is -0.478 e. The van der Waals surface area contributed by atoms with Crippen LogP contribution < -0.4 is 10.1 Å². The summed E-state index contributed by atoms with van der Waals surface area (Å²) in [6, 6.07) is 11.4. The number of hydrogen-bond donors (Lipinski definition) is 2. The summed E-state index contributed by atoms with van der Waals surface area (Å²) in [5.74, 6) is -1.01. The zero-order chi connectivity index (χ0) is 20.1. The van der Waals surface area contributed by atoms with Crippen molar-refractivity contribution in [2.45, 2.75) is 31.5 Å². The number of piperazine rings is 1. The second-order valence-corrected chi connectivity index (χ2v) is 7.08. The third-order valence-corrected chi connectivity index (χ3v) is 5.11. The molecule has 0 saturated carbocycles. The number of hydrogen-bond acceptors (Lipinski definition) is 6. The molecular formula is C21H25N3O4. The van der Waals surface area contributed by atoms with Crippen LogP contribution in [0.4, 0.5) is 0 Å². The van der Waals surface area contributed by atoms with Gasteiger partial charge in [-0.25, -0.2) is 4.79 Å². The molecule has 1 saturated heterocycles. The molecule has 3 unspecified atom stereocenters. The topological polar surface area (TPSA) is 91.8 Å². The van der Waals surface area contributed by atoms with Crippen LogP contribution >= 0.6 is 0 Å². The highest BCUT2D eigenvalue weighted by Gasteiger charge is 2.51. The van der Waals surface area contributed by atoms with Crippen molar-refractivity contribution in [3.63, 3.8) is 0 Å². The Morgan fingerprint density at radius 2 is 1.93 bits per heavy atom. The first-order valence-corrected chi connectivity index (χ1v) is 9.28. The van der Waals surface area contributed by atoms with E-state index in [-0.39, 0.29) is 11.8 Å². The highest BCUT2D eigenvalue weighted by Crippen LogP contribution is 2.32. The maximum absolute atomic E-state index is 12.7. The summed E-state index contributed by atoms with van der Waals surface area (Å²) in [7, 11) is 0. The summed E-state index contributed by atoms with van der Waals surface area (Å²) in [5.41, 5.74) is -0.767. The molecule has 2 N–H and O–H groups in total. The van der Waals surface area contributed by atoms with Gasteiger partial charge in [0.2, 0.25) is 5.60 Å². The number of aromatic nitrogens is 1. The molecule has 3 rings (SSSR count). The van der Waals surface area contributed by atoms with E-state index in [0.29, 0.717) is 25.4 Å². The summed E-state index contributed by atoms with van der Waals surface area (Å²) in [6.07, 6.45) is 3.39. The zero-order valence-electron chi connectivity index (χ0n) is 16.0. The van der Waals surface area contributed by atoms with Gasteiger partial charge in [0, 0.05) is 38.1 Å². The number of para-hydroxylation sites is 1. The van der Waals surface area contributed by atoms with Gasteiger partial charge in [-0.2, -0.15) is 0 Å². The van der Waals surface area contributed by atoms with E-state index in [1.807, 2.05) is 23.1 Å². The number of ether oxygens (including phenoxy) is 1. The van der Waals surface area contributed by atoms with Gasteiger partial charge in [0.25, 0.3) is 0 Å². The fourth-order valence-electron chi connectivity index (χ4n) is 3.81. The van der Waals surface area contributed by atoms with Crippen LogP contribution in [0.15, 0.2) is 54.9 Å². The maximum Gasteiger partial charge on any atom is 0.349 e. The van der Waals surface area contributed by atoms with Crippen molar-refractivity contribution in [3.05, 3.63) is 60.4 Å². The highest BCUT2D eigenvalue weighted by molar-refractivity contribution is 5.92. The van der Waals surface area contributed by atoms with Crippen LogP contribution in [0.2, 0.25) is 0 Å². The van der Waals surface area contributed by atoms with E-state index >= 15 is 0 Å². The number of carbonyl (C=O) groups excluding carboxylic acids is 1. The van der Waals surface area contributed by atoms with Gasteiger partial charge in [0.05, 0.1) is 0 Å². The number of carboxylic acids is 1. The Bertz CT molecular complexity index is 815. The van der Waals surface area contributed by atoms with Gasteiger partial charge in [-0.1, -0.05) is 18.2 Å². The molecule has 1 aliphatic heterocycles. The van der Waals surface area contributed by atoms with Crippen LogP contribution in [-0.2, 0) is 9.59 Å². The Hall–Kier alpha value is -2.77. The van der Waals surface area contributed by atoms with Gasteiger partial charge in [0.15, 0.2) is 5.78 Å². The molecule has 0 bridgehead atoms. The third kappa shape index (κ3) is 4.05. The Labute approximate surface area is 164 Å². The molecule has 0 spiro atoms. The summed E-state index contributed by atoms with van der Waals surface area (Å²) in [4.78, 5) is 31.1. The standard InChI is InChI=1S/C21H25N3O4/c1-15(25)19(21(2,20(26)27)28-17-6-4-3-5-7-17)24-13-12-23-14-18(24)16-8-10-22-11-9-16/h3-11,18-19,23H,12-14H2,1-2H3,(H,26,27). The second-order valence-electron chi connectivity index (χ2n) is 7.08. The van der Waals surface area contributed by atoms with Crippen molar-refractivity contribution in [1.82, 2.24) is 15.2 Å². The smallest absolute Gasteiger partial charge is 0.349 e. The van der Waals surface area contributed by atoms with E-state index in [9.17, 15) is 14.7 Å². The van der Waals surface area contributed by atoms with Crippen molar-refractivity contribution in [2.75, 3.05) is 19.6 Å². The Balaban J connectivity index is 2.01. The minimum atomic E-state index is -1.74. The van der Waals surface area contributed by atoms with Crippen molar-refractivity contribution in [1.29, 1.82) is 0 Å². The molecule has 2 aromatic rings. The van der Waals surface area contributed by atoms with Crippen LogP contribution in [-0.4, -0.2) is 58.0 Å². The summed E-state index contributed by atoms with van der Waals surface area (Å²) >= 11 is 0. The molecule has 2 heterocycles. The predicted molar refractivity (Wildman–Crippen MR) is 104 cm³/mol. The van der Waals surface area contributed by atoms with Crippen molar-refractivity contribution >= 4 is 11.8 Å². The fourth-order valence-corrected chi connectivity index (χ4v) is 3.81. The number of benzene rings is 1. The van der Waals surface area contributed by atoms with Crippen LogP contribution in [0.3, 0.4) is 0 Å². The lowest BCUT2D eigenvalue weighted by Gasteiger charge is -2.46. The van der Waals surface area contributed by atoms with Gasteiger partial charge >= 0.3 is 5.97 Å². The van der Waals surface area contributed by atoms with E-state index in [4.69, 9.17) is 4.74 Å². The normalized spacial score (nSPS) is 20.7. The van der Waals surface area contributed by atoms with Gasteiger partial charge in [-0.15, -0.1) is 0 Å². The molecule has 148 valence electrons. The molecular weight excluding hydrogens is 358 g/mol. The summed E-state index contributed by atoms with van der Waals surface area (Å²) in [5, 5.41) is 13.4. The largest absolute Gasteiger partial charge is 0.478 e. The lowest BCUT2D eigenvalue weighted by Crippen LogP contribution is -2.65. The van der Waals surface area contributed by atoms with Gasteiger partial charge in [-0.05, 0) is 43.7 Å². The molecule has 7 heteroatoms. The van der Waals surface area contributed by atoms with E-state index in [1.165, 1.54) is 13.8 Å². The number of rotatable bonds is 7. The number of nitrogens with zero attached hydrogens (tertiary/aromatic N) is 2. The van der Waals surface area contributed by atoms with Gasteiger partial charge < -0.3 is 15.2 Å². The lowest BCUT2D eigenvalue weighted by molar-refractivity contribution is -0.165. The number of aliphatic carboxylic acids is 1. The van der Waals surface area contributed by atoms with E-state index < -0.39 is 17.6 Å². The summed E-state index contributed by atoms with van der Waals surface area (Å²) < 4.78 is 5.93. The van der Waals surface area contributed by atoms with Gasteiger partial charge in [0.1, 0.15) is 11.8 Å². The Morgan fingerprint density at radius 1 is 1.25 bits per heavy atom. The van der Waals surface area contributed by atoms with Crippen LogP contribution in [0.5, 0.6) is 5.75 Å². The van der Waals surface area contributed by atoms with Crippen LogP contribution in [0.1, 0.15) is 25.5 Å². The molecule has 0 radical (unpaired) electrons. The predicted octanol–water partition coefficient (Wildman–Crippen LogP) is 1.91. The number of ketones is 1. The van der Waals surface area contributed by atoms with E-state index in [2.05, 4.69) is 10.3 Å². The molecule has 7 nitrogen and oxygen atoms in total. The average molecular weight is 383 g/mol. The molecule has 0 amide bonds. The molecule has 1 fully saturated rings. The first-order valence-electron chi connectivity index (χ1n) is 9.28. The second kappa shape index (κ2) is 8.50. The zero-order valence-corrected chi connectivity index (χ0v) is 16.0. The Kier molecular flexibility index (Phi) is 6.06. The SMILES string of the molecule is CC(=O)C(N1CCNCC1c1ccncc1)C(C)(Oc1ccccc1)C(=O)O. The quantitative estimate of drug-likeness (QED) is 0.754. The molecule has 0 aliphatic carbocycles. The lowest BCUT2D eigenvalue weighted by atomic mass is 9.88. The molecule has 1 aromatic carbocycles. The number of carboxylic acid groups (broad SMARTS) is 1. The van der Waals surface area contributed by atoms with Crippen molar-refractivity contribution in [2.24, 2.45) is 0 Å². The molecule has 28 heavy (non-hydrogen) atoms. The molecule has 1 aromatic heterocycles. The number of Topliss-reactive ketones (excluding diaryl/α,β-unsaturated/α-hetero) is 1. The molecule has 3 atom stereocenters. The van der Waals surface area contributed by atoms with Crippen LogP contribution in [0.25, 0.3) is 0 Å². The first-order chi connectivity index (χ1) is 13.4. The van der Waals surface area contributed by atoms with E-state index in [0.717, 1.165) is 5.56 Å². The number of pyridine rings is 1. The highest BCUT2D eigenvalue weighted by atomic mass is 16.5. The minimum absolute atomic E-state index is 0.163. The third-order valence-electron chi connectivity index (χ3n) is 5.11. The fraction of sp³-hybridized carbons (Fsp3) is 0.381. The Morgan fingerprint density at radius 3 is 2.54 bits per heavy atom. The maximum atomic E-state index is 12.7. The summed E-state index contributed by atoms with van der Waals surface area (Å²) in [6.45, 7) is 4.69. The monoisotopic (exact) mass is 383 g/mol. The van der Waals surface area contributed by atoms with Crippen molar-refractivity contribution in [3.8, 4) is 5.75 Å².